The number of aliphatic hydroxyl groups is 1. The zero-order valence-electron chi connectivity index (χ0n) is 7.67. The van der Waals surface area contributed by atoms with Gasteiger partial charge in [-0.3, -0.25) is 0 Å². The highest BCUT2D eigenvalue weighted by atomic mass is 35.5. The number of aromatic nitrogens is 1. The molecular formula is C9H11Cl2NOS. The number of rotatable bonds is 3. The molecule has 2 nitrogen and oxygen atoms in total. The van der Waals surface area contributed by atoms with Crippen LogP contribution in [0.4, 0.5) is 0 Å². The van der Waals surface area contributed by atoms with Crippen molar-refractivity contribution in [1.82, 2.24) is 4.98 Å². The van der Waals surface area contributed by atoms with Crippen LogP contribution in [0, 0.1) is 0 Å². The summed E-state index contributed by atoms with van der Waals surface area (Å²) in [7, 11) is 0. The maximum absolute atomic E-state index is 8.98. The fourth-order valence-corrected chi connectivity index (χ4v) is 2.08. The van der Waals surface area contributed by atoms with Crippen LogP contribution in [-0.4, -0.2) is 20.9 Å². The van der Waals surface area contributed by atoms with Gasteiger partial charge in [-0.05, 0) is 30.7 Å². The number of pyridine rings is 1. The number of nitrogens with zero attached hydrogens (tertiary/aromatic N) is 1. The minimum absolute atomic E-state index is 0.404. The quantitative estimate of drug-likeness (QED) is 0.492. The first-order valence-corrected chi connectivity index (χ1v) is 5.94. The van der Waals surface area contributed by atoms with Crippen LogP contribution in [0.3, 0.4) is 0 Å². The van der Waals surface area contributed by atoms with E-state index in [0.717, 1.165) is 29.1 Å². The third-order valence-electron chi connectivity index (χ3n) is 1.61. The summed E-state index contributed by atoms with van der Waals surface area (Å²) in [5.41, 5.74) is 0.963. The van der Waals surface area contributed by atoms with Crippen molar-refractivity contribution in [2.75, 3.05) is 5.75 Å². The zero-order chi connectivity index (χ0) is 10.6. The van der Waals surface area contributed by atoms with Crippen molar-refractivity contribution in [3.8, 4) is 0 Å². The summed E-state index contributed by atoms with van der Waals surface area (Å²) in [6.45, 7) is 1.68. The number of thiol groups is 1. The first kappa shape index (κ1) is 12.0. The molecule has 14 heavy (non-hydrogen) atoms. The first-order valence-electron chi connectivity index (χ1n) is 4.10. The van der Waals surface area contributed by atoms with Crippen molar-refractivity contribution in [2.45, 2.75) is 13.3 Å². The summed E-state index contributed by atoms with van der Waals surface area (Å²) >= 11 is 12.5. The summed E-state index contributed by atoms with van der Waals surface area (Å²) in [5, 5.41) is 10.2. The molecule has 1 rings (SSSR count). The summed E-state index contributed by atoms with van der Waals surface area (Å²) in [4.78, 5) is 3.93. The Bertz CT molecular complexity index is 351. The second-order valence-electron chi connectivity index (χ2n) is 2.76. The summed E-state index contributed by atoms with van der Waals surface area (Å²) in [6.07, 6.45) is 0.794. The van der Waals surface area contributed by atoms with Gasteiger partial charge < -0.3 is 5.11 Å². The largest absolute Gasteiger partial charge is 0.360 e. The Labute approximate surface area is 96.8 Å². The van der Waals surface area contributed by atoms with E-state index >= 15 is 0 Å². The lowest BCUT2D eigenvalue weighted by Crippen LogP contribution is -1.92. The lowest BCUT2D eigenvalue weighted by Gasteiger charge is -2.01. The van der Waals surface area contributed by atoms with Gasteiger partial charge in [-0.15, -0.1) is 0 Å². The highest BCUT2D eigenvalue weighted by Gasteiger charge is 2.01. The van der Waals surface area contributed by atoms with Crippen molar-refractivity contribution >= 4 is 39.6 Å². The van der Waals surface area contributed by atoms with Crippen LogP contribution < -0.4 is 0 Å². The maximum atomic E-state index is 8.98. The van der Waals surface area contributed by atoms with Gasteiger partial charge in [-0.2, -0.15) is 11.4 Å². The minimum Gasteiger partial charge on any atom is -0.360 e. The third kappa shape index (κ3) is 3.96. The number of hydrogen-bond donors (Lipinski definition) is 2. The predicted octanol–water partition coefficient (Wildman–Crippen LogP) is 3.10. The van der Waals surface area contributed by atoms with Gasteiger partial charge in [0.05, 0.1) is 5.05 Å². The average molecular weight is 252 g/mol. The van der Waals surface area contributed by atoms with E-state index < -0.39 is 0 Å². The SMILES string of the molecule is CC(O)=[SH]CCc1ccc(Cl)nc1Cl. The molecule has 1 aromatic heterocycles. The molecule has 0 radical (unpaired) electrons. The monoisotopic (exact) mass is 251 g/mol. The van der Waals surface area contributed by atoms with Crippen LogP contribution in [0.5, 0.6) is 0 Å². The van der Waals surface area contributed by atoms with Crippen LogP contribution in [0.25, 0.3) is 0 Å². The van der Waals surface area contributed by atoms with Gasteiger partial charge in [0.25, 0.3) is 0 Å². The molecule has 0 aliphatic heterocycles. The Balaban J connectivity index is 2.64. The molecule has 78 valence electrons. The Hall–Kier alpha value is -0.0900. The van der Waals surface area contributed by atoms with E-state index in [4.69, 9.17) is 28.3 Å². The Morgan fingerprint density at radius 3 is 2.79 bits per heavy atom. The zero-order valence-corrected chi connectivity index (χ0v) is 10.1. The average Bonchev–Trinajstić information content (AvgIpc) is 2.08. The first-order chi connectivity index (χ1) is 6.59. The molecule has 5 heteroatoms. The fourth-order valence-electron chi connectivity index (χ4n) is 0.966. The molecule has 0 spiro atoms. The summed E-state index contributed by atoms with van der Waals surface area (Å²) in [6, 6.07) is 3.58. The van der Waals surface area contributed by atoms with E-state index in [1.54, 1.807) is 13.0 Å². The fraction of sp³-hybridized carbons (Fsp3) is 0.333. The molecule has 0 amide bonds. The van der Waals surface area contributed by atoms with Gasteiger partial charge in [0, 0.05) is 0 Å². The predicted molar refractivity (Wildman–Crippen MR) is 65.1 cm³/mol. The van der Waals surface area contributed by atoms with Crippen molar-refractivity contribution in [3.05, 3.63) is 28.0 Å². The van der Waals surface area contributed by atoms with Gasteiger partial charge in [-0.25, -0.2) is 4.98 Å². The number of hydrogen-bond acceptors (Lipinski definition) is 1. The van der Waals surface area contributed by atoms with Crippen LogP contribution in [0.1, 0.15) is 12.5 Å². The molecule has 1 heterocycles. The minimum atomic E-state index is 0.404. The molecule has 0 atom stereocenters. The molecule has 0 saturated carbocycles. The molecule has 0 aliphatic carbocycles. The normalized spacial score (nSPS) is 12.4. The van der Waals surface area contributed by atoms with Gasteiger partial charge in [-0.1, -0.05) is 29.3 Å². The highest BCUT2D eigenvalue weighted by Crippen LogP contribution is 2.17. The van der Waals surface area contributed by atoms with Crippen LogP contribution in [-0.2, 0) is 6.42 Å². The number of aliphatic hydroxyl groups excluding tert-OH is 1. The lowest BCUT2D eigenvalue weighted by atomic mass is 10.2. The van der Waals surface area contributed by atoms with E-state index in [2.05, 4.69) is 4.98 Å². The third-order valence-corrected chi connectivity index (χ3v) is 3.06. The molecule has 1 N–H and O–H groups in total. The lowest BCUT2D eigenvalue weighted by molar-refractivity contribution is 0.564. The molecule has 1 aromatic rings. The Morgan fingerprint density at radius 2 is 2.21 bits per heavy atom. The Morgan fingerprint density at radius 1 is 1.50 bits per heavy atom. The summed E-state index contributed by atoms with van der Waals surface area (Å²) in [5.74, 6) is 0.839. The second-order valence-corrected chi connectivity index (χ2v) is 4.92. The molecule has 0 aromatic carbocycles. The van der Waals surface area contributed by atoms with Gasteiger partial charge >= 0.3 is 0 Å². The maximum Gasteiger partial charge on any atom is 0.134 e. The van der Waals surface area contributed by atoms with Crippen molar-refractivity contribution in [2.24, 2.45) is 0 Å². The standard InChI is InChI=1S/C9H11Cl2NOS/c1-6(13)14-5-4-7-2-3-8(10)12-9(7)11/h2-3,13-14H,4-5H2,1H3. The van der Waals surface area contributed by atoms with E-state index in [9.17, 15) is 0 Å². The number of aryl methyl sites for hydroxylation is 1. The summed E-state index contributed by atoms with van der Waals surface area (Å²) < 4.78 is 0. The topological polar surface area (TPSA) is 33.1 Å². The van der Waals surface area contributed by atoms with E-state index in [1.165, 1.54) is 0 Å². The molecular weight excluding hydrogens is 241 g/mol. The van der Waals surface area contributed by atoms with Crippen molar-refractivity contribution in [3.63, 3.8) is 0 Å². The van der Waals surface area contributed by atoms with Gasteiger partial charge in [0.1, 0.15) is 10.3 Å². The van der Waals surface area contributed by atoms with Crippen molar-refractivity contribution < 1.29 is 5.11 Å². The highest BCUT2D eigenvalue weighted by molar-refractivity contribution is 7.98. The Kier molecular flexibility index (Phi) is 4.89. The van der Waals surface area contributed by atoms with E-state index in [0.29, 0.717) is 15.4 Å². The van der Waals surface area contributed by atoms with E-state index in [1.807, 2.05) is 6.07 Å². The molecule has 0 saturated heterocycles. The molecule has 0 fully saturated rings. The number of halogens is 2. The molecule has 0 bridgehead atoms. The molecule has 0 aliphatic rings. The smallest absolute Gasteiger partial charge is 0.134 e. The van der Waals surface area contributed by atoms with Crippen molar-refractivity contribution in [1.29, 1.82) is 0 Å². The van der Waals surface area contributed by atoms with Crippen LogP contribution in [0.15, 0.2) is 12.1 Å². The van der Waals surface area contributed by atoms with Crippen LogP contribution in [0.2, 0.25) is 10.3 Å². The van der Waals surface area contributed by atoms with Gasteiger partial charge in [0.15, 0.2) is 0 Å². The van der Waals surface area contributed by atoms with Crippen LogP contribution >= 0.6 is 34.6 Å². The molecule has 0 unspecified atom stereocenters. The second kappa shape index (κ2) is 5.71. The van der Waals surface area contributed by atoms with E-state index in [-0.39, 0.29) is 0 Å². The van der Waals surface area contributed by atoms with Gasteiger partial charge in [0.2, 0.25) is 0 Å².